The van der Waals surface area contributed by atoms with Crippen LogP contribution in [-0.4, -0.2) is 6.04 Å². The predicted octanol–water partition coefficient (Wildman–Crippen LogP) is 3.29. The summed E-state index contributed by atoms with van der Waals surface area (Å²) >= 11 is 5.71. The molecule has 1 nitrogen and oxygen atoms in total. The molecule has 0 saturated heterocycles. The molecule has 1 aromatic rings. The Balaban J connectivity index is 2.10. The van der Waals surface area contributed by atoms with Gasteiger partial charge in [-0.05, 0) is 37.5 Å². The quantitative estimate of drug-likeness (QED) is 0.813. The Kier molecular flexibility index (Phi) is 2.75. The van der Waals surface area contributed by atoms with Crippen molar-refractivity contribution in [3.8, 4) is 0 Å². The Labute approximate surface area is 88.3 Å². The van der Waals surface area contributed by atoms with E-state index in [4.69, 9.17) is 11.6 Å². The number of nitrogens with one attached hydrogen (secondary N) is 1. The van der Waals surface area contributed by atoms with Crippen molar-refractivity contribution in [3.63, 3.8) is 0 Å². The van der Waals surface area contributed by atoms with Crippen molar-refractivity contribution in [2.45, 2.75) is 31.8 Å². The number of hydrogen-bond acceptors (Lipinski definition) is 1. The minimum atomic E-state index is -0.353. The van der Waals surface area contributed by atoms with Gasteiger partial charge in [0.25, 0.3) is 0 Å². The largest absolute Gasteiger partial charge is 0.307 e. The standard InChI is InChI=1S/C11H13ClFN/c1-7(14-9-3-4-9)8-2-5-11(13)10(12)6-8/h2,5-7,9,14H,3-4H2,1H3. The Morgan fingerprint density at radius 2 is 2.21 bits per heavy atom. The summed E-state index contributed by atoms with van der Waals surface area (Å²) in [5.74, 6) is -0.353. The van der Waals surface area contributed by atoms with Crippen LogP contribution in [0.25, 0.3) is 0 Å². The lowest BCUT2D eigenvalue weighted by atomic mass is 10.1. The number of rotatable bonds is 3. The fourth-order valence-electron chi connectivity index (χ4n) is 1.48. The molecule has 0 heterocycles. The molecule has 2 rings (SSSR count). The van der Waals surface area contributed by atoms with Crippen molar-refractivity contribution < 1.29 is 4.39 Å². The third-order valence-electron chi connectivity index (χ3n) is 2.51. The van der Waals surface area contributed by atoms with Crippen LogP contribution in [-0.2, 0) is 0 Å². The third-order valence-corrected chi connectivity index (χ3v) is 2.80. The van der Waals surface area contributed by atoms with Crippen molar-refractivity contribution in [1.82, 2.24) is 5.32 Å². The topological polar surface area (TPSA) is 12.0 Å². The molecule has 1 aliphatic carbocycles. The van der Waals surface area contributed by atoms with E-state index >= 15 is 0 Å². The Hall–Kier alpha value is -0.600. The zero-order valence-corrected chi connectivity index (χ0v) is 8.81. The average Bonchev–Trinajstić information content (AvgIpc) is 2.93. The summed E-state index contributed by atoms with van der Waals surface area (Å²) in [6.45, 7) is 2.07. The van der Waals surface area contributed by atoms with E-state index in [1.165, 1.54) is 18.9 Å². The molecule has 1 N–H and O–H groups in total. The van der Waals surface area contributed by atoms with E-state index in [2.05, 4.69) is 12.2 Å². The molecule has 0 radical (unpaired) electrons. The highest BCUT2D eigenvalue weighted by atomic mass is 35.5. The first-order chi connectivity index (χ1) is 6.66. The Bertz CT molecular complexity index is 336. The molecule has 1 saturated carbocycles. The van der Waals surface area contributed by atoms with E-state index < -0.39 is 0 Å². The van der Waals surface area contributed by atoms with Gasteiger partial charge in [0.1, 0.15) is 5.82 Å². The monoisotopic (exact) mass is 213 g/mol. The average molecular weight is 214 g/mol. The Morgan fingerprint density at radius 3 is 2.79 bits per heavy atom. The normalized spacial score (nSPS) is 18.2. The molecule has 1 atom stereocenters. The zero-order valence-electron chi connectivity index (χ0n) is 8.06. The van der Waals surface area contributed by atoms with Crippen molar-refractivity contribution in [3.05, 3.63) is 34.6 Å². The van der Waals surface area contributed by atoms with Gasteiger partial charge in [0.05, 0.1) is 5.02 Å². The molecule has 14 heavy (non-hydrogen) atoms. The molecule has 1 aromatic carbocycles. The highest BCUT2D eigenvalue weighted by Crippen LogP contribution is 2.25. The van der Waals surface area contributed by atoms with E-state index in [1.807, 2.05) is 0 Å². The zero-order chi connectivity index (χ0) is 10.1. The van der Waals surface area contributed by atoms with Gasteiger partial charge in [-0.25, -0.2) is 4.39 Å². The molecule has 0 aliphatic heterocycles. The van der Waals surface area contributed by atoms with Crippen molar-refractivity contribution in [1.29, 1.82) is 0 Å². The summed E-state index contributed by atoms with van der Waals surface area (Å²) in [6.07, 6.45) is 2.50. The van der Waals surface area contributed by atoms with E-state index in [0.29, 0.717) is 6.04 Å². The van der Waals surface area contributed by atoms with Crippen LogP contribution in [0, 0.1) is 5.82 Å². The fraction of sp³-hybridized carbons (Fsp3) is 0.455. The van der Waals surface area contributed by atoms with Crippen LogP contribution in [0.3, 0.4) is 0 Å². The summed E-state index contributed by atoms with van der Waals surface area (Å²) in [4.78, 5) is 0. The summed E-state index contributed by atoms with van der Waals surface area (Å²) in [7, 11) is 0. The lowest BCUT2D eigenvalue weighted by Gasteiger charge is -2.13. The van der Waals surface area contributed by atoms with Gasteiger partial charge in [0.2, 0.25) is 0 Å². The second kappa shape index (κ2) is 3.87. The predicted molar refractivity (Wildman–Crippen MR) is 56.0 cm³/mol. The molecule has 1 aliphatic rings. The molecule has 0 amide bonds. The molecule has 76 valence electrons. The van der Waals surface area contributed by atoms with Crippen LogP contribution in [0.5, 0.6) is 0 Å². The first-order valence-corrected chi connectivity index (χ1v) is 5.25. The maximum Gasteiger partial charge on any atom is 0.141 e. The summed E-state index contributed by atoms with van der Waals surface area (Å²) in [5, 5.41) is 3.64. The summed E-state index contributed by atoms with van der Waals surface area (Å²) in [6, 6.07) is 5.79. The molecule has 0 spiro atoms. The Morgan fingerprint density at radius 1 is 1.50 bits per heavy atom. The molecule has 0 aromatic heterocycles. The molecular weight excluding hydrogens is 201 g/mol. The summed E-state index contributed by atoms with van der Waals surface area (Å²) in [5.41, 5.74) is 1.04. The molecular formula is C11H13ClFN. The van der Waals surface area contributed by atoms with Crippen molar-refractivity contribution >= 4 is 11.6 Å². The van der Waals surface area contributed by atoms with E-state index in [9.17, 15) is 4.39 Å². The highest BCUT2D eigenvalue weighted by Gasteiger charge is 2.23. The van der Waals surface area contributed by atoms with Crippen molar-refractivity contribution in [2.75, 3.05) is 0 Å². The first kappa shape index (κ1) is 9.94. The van der Waals surface area contributed by atoms with Crippen LogP contribution < -0.4 is 5.32 Å². The van der Waals surface area contributed by atoms with Gasteiger partial charge in [0.15, 0.2) is 0 Å². The second-order valence-electron chi connectivity index (χ2n) is 3.84. The maximum absolute atomic E-state index is 12.9. The number of halogens is 2. The summed E-state index contributed by atoms with van der Waals surface area (Å²) < 4.78 is 12.9. The minimum absolute atomic E-state index is 0.201. The minimum Gasteiger partial charge on any atom is -0.307 e. The van der Waals surface area contributed by atoms with Crippen LogP contribution in [0.1, 0.15) is 31.4 Å². The van der Waals surface area contributed by atoms with Gasteiger partial charge in [-0.2, -0.15) is 0 Å². The van der Waals surface area contributed by atoms with E-state index in [0.717, 1.165) is 5.56 Å². The van der Waals surface area contributed by atoms with Crippen molar-refractivity contribution in [2.24, 2.45) is 0 Å². The van der Waals surface area contributed by atoms with E-state index in [1.54, 1.807) is 12.1 Å². The van der Waals surface area contributed by atoms with Gasteiger partial charge in [-0.1, -0.05) is 17.7 Å². The fourth-order valence-corrected chi connectivity index (χ4v) is 1.67. The molecule has 1 unspecified atom stereocenters. The lowest BCUT2D eigenvalue weighted by molar-refractivity contribution is 0.568. The number of benzene rings is 1. The van der Waals surface area contributed by atoms with Crippen LogP contribution in [0.15, 0.2) is 18.2 Å². The van der Waals surface area contributed by atoms with Gasteiger partial charge >= 0.3 is 0 Å². The third kappa shape index (κ3) is 2.25. The first-order valence-electron chi connectivity index (χ1n) is 4.88. The van der Waals surface area contributed by atoms with Gasteiger partial charge < -0.3 is 5.32 Å². The van der Waals surface area contributed by atoms with Crippen LogP contribution in [0.4, 0.5) is 4.39 Å². The molecule has 0 bridgehead atoms. The number of hydrogen-bond donors (Lipinski definition) is 1. The smallest absolute Gasteiger partial charge is 0.141 e. The molecule has 3 heteroatoms. The molecule has 1 fully saturated rings. The van der Waals surface area contributed by atoms with Crippen LogP contribution in [0.2, 0.25) is 5.02 Å². The van der Waals surface area contributed by atoms with Gasteiger partial charge in [0, 0.05) is 12.1 Å². The highest BCUT2D eigenvalue weighted by molar-refractivity contribution is 6.30. The van der Waals surface area contributed by atoms with Crippen LogP contribution >= 0.6 is 11.6 Å². The van der Waals surface area contributed by atoms with Gasteiger partial charge in [-0.3, -0.25) is 0 Å². The van der Waals surface area contributed by atoms with Gasteiger partial charge in [-0.15, -0.1) is 0 Å². The lowest BCUT2D eigenvalue weighted by Crippen LogP contribution is -2.20. The maximum atomic E-state index is 12.9. The van der Waals surface area contributed by atoms with E-state index in [-0.39, 0.29) is 16.9 Å². The SMILES string of the molecule is CC(NC1CC1)c1ccc(F)c(Cl)c1. The second-order valence-corrected chi connectivity index (χ2v) is 4.24.